The summed E-state index contributed by atoms with van der Waals surface area (Å²) in [6.45, 7) is 2.69. The van der Waals surface area contributed by atoms with Crippen molar-refractivity contribution in [2.24, 2.45) is 0 Å². The van der Waals surface area contributed by atoms with E-state index in [1.807, 2.05) is 35.8 Å². The number of aromatic nitrogens is 1. The highest BCUT2D eigenvalue weighted by molar-refractivity contribution is 5.27. The second-order valence-electron chi connectivity index (χ2n) is 3.78. The summed E-state index contributed by atoms with van der Waals surface area (Å²) in [5, 5.41) is 10.5. The lowest BCUT2D eigenvalue weighted by Gasteiger charge is -2.02. The fraction of sp³-hybridized carbons (Fsp3) is 0.167. The zero-order valence-electron chi connectivity index (χ0n) is 8.96. The second-order valence-corrected chi connectivity index (χ2v) is 3.78. The van der Waals surface area contributed by atoms with Crippen molar-refractivity contribution >= 4 is 5.69 Å². The molecule has 0 bridgehead atoms. The van der Waals surface area contributed by atoms with Crippen LogP contribution in [0.5, 0.6) is 0 Å². The Kier molecular flexibility index (Phi) is 2.72. The highest BCUT2D eigenvalue weighted by atomic mass is 16.6. The molecular weight excluding hydrogens is 204 g/mol. The van der Waals surface area contributed by atoms with Crippen molar-refractivity contribution in [2.45, 2.75) is 13.5 Å². The summed E-state index contributed by atoms with van der Waals surface area (Å²) in [6.07, 6.45) is 3.26. The number of rotatable bonds is 3. The van der Waals surface area contributed by atoms with Crippen molar-refractivity contribution in [1.29, 1.82) is 0 Å². The zero-order chi connectivity index (χ0) is 11.5. The van der Waals surface area contributed by atoms with Crippen LogP contribution in [0, 0.1) is 17.0 Å². The van der Waals surface area contributed by atoms with E-state index in [1.54, 1.807) is 12.4 Å². The molecule has 1 aromatic heterocycles. The van der Waals surface area contributed by atoms with E-state index in [4.69, 9.17) is 0 Å². The molecule has 2 aromatic rings. The average Bonchev–Trinajstić information content (AvgIpc) is 2.70. The molecule has 4 heteroatoms. The van der Waals surface area contributed by atoms with Gasteiger partial charge in [0.15, 0.2) is 0 Å². The molecule has 0 radical (unpaired) electrons. The highest BCUT2D eigenvalue weighted by Crippen LogP contribution is 2.13. The quantitative estimate of drug-likeness (QED) is 0.585. The summed E-state index contributed by atoms with van der Waals surface area (Å²) >= 11 is 0. The Morgan fingerprint density at radius 2 is 1.94 bits per heavy atom. The minimum absolute atomic E-state index is 0.132. The minimum Gasteiger partial charge on any atom is -0.344 e. The number of aryl methyl sites for hydroxylation is 1. The van der Waals surface area contributed by atoms with Crippen LogP contribution in [0.1, 0.15) is 11.1 Å². The van der Waals surface area contributed by atoms with Gasteiger partial charge in [-0.3, -0.25) is 10.1 Å². The summed E-state index contributed by atoms with van der Waals surface area (Å²) < 4.78 is 1.81. The largest absolute Gasteiger partial charge is 0.344 e. The van der Waals surface area contributed by atoms with Gasteiger partial charge in [0, 0.05) is 18.8 Å². The number of benzene rings is 1. The van der Waals surface area contributed by atoms with Gasteiger partial charge in [-0.05, 0) is 12.5 Å². The summed E-state index contributed by atoms with van der Waals surface area (Å²) in [6, 6.07) is 9.64. The van der Waals surface area contributed by atoms with Crippen LogP contribution < -0.4 is 0 Å². The molecule has 1 aromatic carbocycles. The minimum atomic E-state index is -0.383. The molecule has 0 saturated carbocycles. The van der Waals surface area contributed by atoms with Crippen LogP contribution in [0.2, 0.25) is 0 Å². The Morgan fingerprint density at radius 1 is 1.25 bits per heavy atom. The predicted octanol–water partition coefficient (Wildman–Crippen LogP) is 2.75. The Hall–Kier alpha value is -2.10. The molecule has 0 fully saturated rings. The van der Waals surface area contributed by atoms with Gasteiger partial charge in [-0.15, -0.1) is 0 Å². The van der Waals surface area contributed by atoms with E-state index in [0.29, 0.717) is 6.54 Å². The molecule has 0 aliphatic rings. The second kappa shape index (κ2) is 4.18. The lowest BCUT2D eigenvalue weighted by molar-refractivity contribution is -0.384. The highest BCUT2D eigenvalue weighted by Gasteiger charge is 2.06. The van der Waals surface area contributed by atoms with Gasteiger partial charge in [-0.2, -0.15) is 0 Å². The molecule has 82 valence electrons. The van der Waals surface area contributed by atoms with Crippen LogP contribution >= 0.6 is 0 Å². The first-order chi connectivity index (χ1) is 7.65. The van der Waals surface area contributed by atoms with Crippen molar-refractivity contribution in [3.8, 4) is 0 Å². The summed E-state index contributed by atoms with van der Waals surface area (Å²) in [5.74, 6) is 0. The van der Waals surface area contributed by atoms with Gasteiger partial charge >= 0.3 is 0 Å². The molecule has 4 nitrogen and oxygen atoms in total. The number of nitro groups is 1. The molecule has 16 heavy (non-hydrogen) atoms. The first-order valence-electron chi connectivity index (χ1n) is 5.01. The molecule has 0 unspecified atom stereocenters. The topological polar surface area (TPSA) is 48.1 Å². The average molecular weight is 216 g/mol. The van der Waals surface area contributed by atoms with Gasteiger partial charge in [0.1, 0.15) is 0 Å². The van der Waals surface area contributed by atoms with E-state index >= 15 is 0 Å². The molecule has 1 heterocycles. The maximum absolute atomic E-state index is 10.5. The van der Waals surface area contributed by atoms with Crippen molar-refractivity contribution in [2.75, 3.05) is 0 Å². The van der Waals surface area contributed by atoms with E-state index in [0.717, 1.165) is 5.56 Å². The number of hydrogen-bond donors (Lipinski definition) is 0. The third-order valence-corrected chi connectivity index (χ3v) is 2.43. The zero-order valence-corrected chi connectivity index (χ0v) is 8.96. The number of hydrogen-bond acceptors (Lipinski definition) is 2. The fourth-order valence-electron chi connectivity index (χ4n) is 1.54. The third-order valence-electron chi connectivity index (χ3n) is 2.43. The molecule has 0 amide bonds. The van der Waals surface area contributed by atoms with Gasteiger partial charge in [-0.1, -0.05) is 29.8 Å². The summed E-state index contributed by atoms with van der Waals surface area (Å²) in [4.78, 5) is 10.1. The Morgan fingerprint density at radius 3 is 2.50 bits per heavy atom. The van der Waals surface area contributed by atoms with E-state index < -0.39 is 0 Å². The van der Waals surface area contributed by atoms with E-state index in [2.05, 4.69) is 0 Å². The molecule has 0 atom stereocenters. The molecule has 0 aliphatic heterocycles. The summed E-state index contributed by atoms with van der Waals surface area (Å²) in [5.41, 5.74) is 2.48. The van der Waals surface area contributed by atoms with Crippen LogP contribution in [0.3, 0.4) is 0 Å². The summed E-state index contributed by atoms with van der Waals surface area (Å²) in [7, 11) is 0. The monoisotopic (exact) mass is 216 g/mol. The van der Waals surface area contributed by atoms with Gasteiger partial charge in [0.2, 0.25) is 0 Å². The normalized spacial score (nSPS) is 10.3. The van der Waals surface area contributed by atoms with Crippen LogP contribution in [0.15, 0.2) is 42.7 Å². The first-order valence-corrected chi connectivity index (χ1v) is 5.01. The van der Waals surface area contributed by atoms with E-state index in [-0.39, 0.29) is 10.6 Å². The van der Waals surface area contributed by atoms with Gasteiger partial charge < -0.3 is 4.57 Å². The first kappa shape index (κ1) is 10.4. The fourth-order valence-corrected chi connectivity index (χ4v) is 1.54. The van der Waals surface area contributed by atoms with E-state index in [1.165, 1.54) is 11.6 Å². The molecule has 0 spiro atoms. The molecule has 0 N–H and O–H groups in total. The Labute approximate surface area is 93.3 Å². The van der Waals surface area contributed by atoms with Crippen molar-refractivity contribution in [3.63, 3.8) is 0 Å². The van der Waals surface area contributed by atoms with Crippen molar-refractivity contribution in [3.05, 3.63) is 64.0 Å². The molecule has 0 aliphatic carbocycles. The van der Waals surface area contributed by atoms with Gasteiger partial charge in [0.05, 0.1) is 11.1 Å². The lowest BCUT2D eigenvalue weighted by Crippen LogP contribution is -1.96. The smallest absolute Gasteiger partial charge is 0.286 e. The SMILES string of the molecule is Cc1ccc(Cn2ccc([N+](=O)[O-])c2)cc1. The van der Waals surface area contributed by atoms with Crippen LogP contribution in [0.25, 0.3) is 0 Å². The predicted molar refractivity (Wildman–Crippen MR) is 61.4 cm³/mol. The molecule has 2 rings (SSSR count). The van der Waals surface area contributed by atoms with Crippen LogP contribution in [-0.2, 0) is 6.54 Å². The van der Waals surface area contributed by atoms with Crippen molar-refractivity contribution in [1.82, 2.24) is 4.57 Å². The van der Waals surface area contributed by atoms with Crippen LogP contribution in [0.4, 0.5) is 5.69 Å². The van der Waals surface area contributed by atoms with E-state index in [9.17, 15) is 10.1 Å². The third kappa shape index (κ3) is 2.28. The number of nitrogens with zero attached hydrogens (tertiary/aromatic N) is 2. The maximum atomic E-state index is 10.5. The molecular formula is C12H12N2O2. The van der Waals surface area contributed by atoms with Gasteiger partial charge in [0.25, 0.3) is 5.69 Å². The van der Waals surface area contributed by atoms with Crippen molar-refractivity contribution < 1.29 is 4.92 Å². The Bertz CT molecular complexity index is 500. The standard InChI is InChI=1S/C12H12N2O2/c1-10-2-4-11(5-3-10)8-13-7-6-12(9-13)14(15)16/h2-7,9H,8H2,1H3. The lowest BCUT2D eigenvalue weighted by atomic mass is 10.1. The van der Waals surface area contributed by atoms with Gasteiger partial charge in [-0.25, -0.2) is 0 Å². The Balaban J connectivity index is 2.14. The van der Waals surface area contributed by atoms with Crippen LogP contribution in [-0.4, -0.2) is 9.49 Å². The molecule has 0 saturated heterocycles. The maximum Gasteiger partial charge on any atom is 0.286 e.